The van der Waals surface area contributed by atoms with Crippen LogP contribution in [0.2, 0.25) is 0 Å². The summed E-state index contributed by atoms with van der Waals surface area (Å²) in [6, 6.07) is 8.39. The highest BCUT2D eigenvalue weighted by Crippen LogP contribution is 2.23. The highest BCUT2D eigenvalue weighted by molar-refractivity contribution is 9.10. The molecule has 0 unspecified atom stereocenters. The topological polar surface area (TPSA) is 0 Å². The van der Waals surface area contributed by atoms with Gasteiger partial charge < -0.3 is 0 Å². The lowest BCUT2D eigenvalue weighted by Crippen LogP contribution is -1.89. The van der Waals surface area contributed by atoms with Crippen LogP contribution in [-0.2, 0) is 5.75 Å². The standard InChI is InChI=1S/C10H13BrS/c1-8(2)12-7-9-5-3-4-6-10(9)11/h3-6,8H,7H2,1-2H3. The molecule has 0 fully saturated rings. The highest BCUT2D eigenvalue weighted by Gasteiger charge is 1.99. The third-order valence-electron chi connectivity index (χ3n) is 1.53. The molecule has 0 aliphatic carbocycles. The van der Waals surface area contributed by atoms with Gasteiger partial charge in [-0.1, -0.05) is 48.0 Å². The smallest absolute Gasteiger partial charge is 0.0215 e. The molecule has 0 atom stereocenters. The fourth-order valence-corrected chi connectivity index (χ4v) is 2.25. The normalized spacial score (nSPS) is 10.7. The fourth-order valence-electron chi connectivity index (χ4n) is 0.872. The van der Waals surface area contributed by atoms with Crippen LogP contribution < -0.4 is 0 Å². The summed E-state index contributed by atoms with van der Waals surface area (Å²) in [6.07, 6.45) is 0. The van der Waals surface area contributed by atoms with Crippen molar-refractivity contribution in [2.24, 2.45) is 0 Å². The average Bonchev–Trinajstić information content (AvgIpc) is 2.03. The molecule has 1 aromatic carbocycles. The van der Waals surface area contributed by atoms with Crippen LogP contribution in [0.25, 0.3) is 0 Å². The van der Waals surface area contributed by atoms with Crippen LogP contribution in [0.1, 0.15) is 19.4 Å². The Morgan fingerprint density at radius 3 is 2.58 bits per heavy atom. The lowest BCUT2D eigenvalue weighted by Gasteiger charge is -2.05. The van der Waals surface area contributed by atoms with Gasteiger partial charge in [-0.15, -0.1) is 0 Å². The molecule has 0 saturated heterocycles. The second-order valence-electron chi connectivity index (χ2n) is 2.95. The molecule has 2 heteroatoms. The van der Waals surface area contributed by atoms with E-state index in [1.807, 2.05) is 17.8 Å². The maximum absolute atomic E-state index is 3.53. The van der Waals surface area contributed by atoms with Gasteiger partial charge in [0.05, 0.1) is 0 Å². The van der Waals surface area contributed by atoms with Gasteiger partial charge in [-0.3, -0.25) is 0 Å². The SMILES string of the molecule is CC(C)SCc1ccccc1Br. The first-order chi connectivity index (χ1) is 5.70. The summed E-state index contributed by atoms with van der Waals surface area (Å²) in [4.78, 5) is 0. The largest absolute Gasteiger partial charge is 0.154 e. The lowest BCUT2D eigenvalue weighted by molar-refractivity contribution is 1.11. The molecule has 0 radical (unpaired) electrons. The van der Waals surface area contributed by atoms with E-state index in [1.54, 1.807) is 0 Å². The maximum Gasteiger partial charge on any atom is 0.0215 e. The summed E-state index contributed by atoms with van der Waals surface area (Å²) in [5, 5.41) is 0.706. The Balaban J connectivity index is 2.57. The zero-order valence-corrected chi connectivity index (χ0v) is 9.78. The number of rotatable bonds is 3. The molecule has 0 aliphatic heterocycles. The van der Waals surface area contributed by atoms with Gasteiger partial charge in [0.25, 0.3) is 0 Å². The van der Waals surface area contributed by atoms with Crippen LogP contribution in [0.3, 0.4) is 0 Å². The van der Waals surface area contributed by atoms with Crippen molar-refractivity contribution in [3.63, 3.8) is 0 Å². The quantitative estimate of drug-likeness (QED) is 0.772. The molecule has 0 aromatic heterocycles. The molecule has 0 nitrogen and oxygen atoms in total. The molecular formula is C10H13BrS. The minimum absolute atomic E-state index is 0.706. The molecule has 0 aliphatic rings. The molecular weight excluding hydrogens is 232 g/mol. The van der Waals surface area contributed by atoms with Gasteiger partial charge in [0.15, 0.2) is 0 Å². The first-order valence-electron chi connectivity index (χ1n) is 4.05. The van der Waals surface area contributed by atoms with E-state index in [-0.39, 0.29) is 0 Å². The van der Waals surface area contributed by atoms with Gasteiger partial charge in [0.2, 0.25) is 0 Å². The predicted molar refractivity (Wildman–Crippen MR) is 60.6 cm³/mol. The Labute approximate surface area is 86.9 Å². The minimum atomic E-state index is 0.706. The van der Waals surface area contributed by atoms with Crippen molar-refractivity contribution in [1.82, 2.24) is 0 Å². The van der Waals surface area contributed by atoms with Crippen molar-refractivity contribution >= 4 is 27.7 Å². The zero-order chi connectivity index (χ0) is 8.97. The molecule has 0 amide bonds. The number of halogens is 1. The van der Waals surface area contributed by atoms with E-state index in [9.17, 15) is 0 Å². The third-order valence-corrected chi connectivity index (χ3v) is 3.45. The van der Waals surface area contributed by atoms with E-state index in [0.29, 0.717) is 5.25 Å². The molecule has 66 valence electrons. The molecule has 0 bridgehead atoms. The summed E-state index contributed by atoms with van der Waals surface area (Å²) in [7, 11) is 0. The summed E-state index contributed by atoms with van der Waals surface area (Å²) in [5.41, 5.74) is 1.39. The van der Waals surface area contributed by atoms with E-state index >= 15 is 0 Å². The van der Waals surface area contributed by atoms with Gasteiger partial charge in [0.1, 0.15) is 0 Å². The third kappa shape index (κ3) is 3.20. The first-order valence-corrected chi connectivity index (χ1v) is 5.89. The first kappa shape index (κ1) is 10.1. The Kier molecular flexibility index (Phi) is 4.16. The molecule has 12 heavy (non-hydrogen) atoms. The summed E-state index contributed by atoms with van der Waals surface area (Å²) in [5.74, 6) is 1.10. The van der Waals surface area contributed by atoms with Gasteiger partial charge in [-0.05, 0) is 16.9 Å². The monoisotopic (exact) mass is 244 g/mol. The van der Waals surface area contributed by atoms with E-state index < -0.39 is 0 Å². The number of hydrogen-bond donors (Lipinski definition) is 0. The zero-order valence-electron chi connectivity index (χ0n) is 7.38. The van der Waals surface area contributed by atoms with Crippen molar-refractivity contribution in [2.45, 2.75) is 24.9 Å². The van der Waals surface area contributed by atoms with Gasteiger partial charge in [-0.2, -0.15) is 11.8 Å². The average molecular weight is 245 g/mol. The number of hydrogen-bond acceptors (Lipinski definition) is 1. The Morgan fingerprint density at radius 2 is 2.00 bits per heavy atom. The van der Waals surface area contributed by atoms with Crippen LogP contribution in [0.4, 0.5) is 0 Å². The Hall–Kier alpha value is 0.0500. The second kappa shape index (κ2) is 4.93. The molecule has 0 heterocycles. The predicted octanol–water partition coefficient (Wildman–Crippen LogP) is 4.09. The van der Waals surface area contributed by atoms with Gasteiger partial charge in [-0.25, -0.2) is 0 Å². The summed E-state index contributed by atoms with van der Waals surface area (Å²) >= 11 is 5.50. The van der Waals surface area contributed by atoms with Crippen molar-refractivity contribution in [3.05, 3.63) is 34.3 Å². The van der Waals surface area contributed by atoms with E-state index in [2.05, 4.69) is 48.0 Å². The van der Waals surface area contributed by atoms with Crippen molar-refractivity contribution in [3.8, 4) is 0 Å². The maximum atomic E-state index is 3.53. The molecule has 0 spiro atoms. The van der Waals surface area contributed by atoms with Crippen molar-refractivity contribution < 1.29 is 0 Å². The van der Waals surface area contributed by atoms with Crippen molar-refractivity contribution in [1.29, 1.82) is 0 Å². The Bertz CT molecular complexity index is 245. The van der Waals surface area contributed by atoms with E-state index in [1.165, 1.54) is 10.0 Å². The molecule has 0 saturated carbocycles. The van der Waals surface area contributed by atoms with Crippen LogP contribution in [-0.4, -0.2) is 5.25 Å². The summed E-state index contributed by atoms with van der Waals surface area (Å²) < 4.78 is 1.22. The van der Waals surface area contributed by atoms with E-state index in [4.69, 9.17) is 0 Å². The summed E-state index contributed by atoms with van der Waals surface area (Å²) in [6.45, 7) is 4.45. The lowest BCUT2D eigenvalue weighted by atomic mass is 10.2. The van der Waals surface area contributed by atoms with Gasteiger partial charge >= 0.3 is 0 Å². The van der Waals surface area contributed by atoms with Crippen LogP contribution >= 0.6 is 27.7 Å². The van der Waals surface area contributed by atoms with Crippen molar-refractivity contribution in [2.75, 3.05) is 0 Å². The van der Waals surface area contributed by atoms with Crippen LogP contribution in [0.5, 0.6) is 0 Å². The second-order valence-corrected chi connectivity index (χ2v) is 5.37. The van der Waals surface area contributed by atoms with Gasteiger partial charge in [0, 0.05) is 10.2 Å². The molecule has 1 rings (SSSR count). The number of benzene rings is 1. The van der Waals surface area contributed by atoms with Crippen LogP contribution in [0.15, 0.2) is 28.7 Å². The highest BCUT2D eigenvalue weighted by atomic mass is 79.9. The Morgan fingerprint density at radius 1 is 1.33 bits per heavy atom. The molecule has 1 aromatic rings. The van der Waals surface area contributed by atoms with E-state index in [0.717, 1.165) is 5.75 Å². The minimum Gasteiger partial charge on any atom is -0.154 e. The van der Waals surface area contributed by atoms with Crippen LogP contribution in [0, 0.1) is 0 Å². The number of thioether (sulfide) groups is 1. The fraction of sp³-hybridized carbons (Fsp3) is 0.400. The molecule has 0 N–H and O–H groups in total.